The summed E-state index contributed by atoms with van der Waals surface area (Å²) in [4.78, 5) is 13.3. The van der Waals surface area contributed by atoms with Crippen LogP contribution in [0.15, 0.2) is 76.5 Å². The maximum Gasteiger partial charge on any atom is 0.261 e. The predicted molar refractivity (Wildman–Crippen MR) is 110 cm³/mol. The molecule has 3 aromatic carbocycles. The van der Waals surface area contributed by atoms with Crippen molar-refractivity contribution in [3.8, 4) is 0 Å². The number of anilines is 2. The molecule has 0 radical (unpaired) electrons. The van der Waals surface area contributed by atoms with Crippen molar-refractivity contribution in [3.63, 3.8) is 0 Å². The Hall–Kier alpha value is -2.91. The van der Waals surface area contributed by atoms with E-state index in [4.69, 9.17) is 0 Å². The van der Waals surface area contributed by atoms with Gasteiger partial charge in [-0.05, 0) is 66.9 Å². The number of nitrogens with one attached hydrogen (secondary N) is 2. The fraction of sp³-hybridized carbons (Fsp3) is 0.0500. The summed E-state index contributed by atoms with van der Waals surface area (Å²) in [5.74, 6) is -2.63. The molecule has 9 heteroatoms. The molecule has 0 bridgehead atoms. The van der Waals surface area contributed by atoms with E-state index in [0.717, 1.165) is 17.0 Å². The van der Waals surface area contributed by atoms with Crippen molar-refractivity contribution in [1.82, 2.24) is 0 Å². The molecule has 0 saturated carbocycles. The number of hydrogen-bond acceptors (Lipinski definition) is 4. The van der Waals surface area contributed by atoms with Crippen molar-refractivity contribution in [2.45, 2.75) is 9.79 Å². The van der Waals surface area contributed by atoms with E-state index in [1.165, 1.54) is 54.2 Å². The second-order valence-corrected chi connectivity index (χ2v) is 8.50. The Morgan fingerprint density at radius 3 is 2.07 bits per heavy atom. The minimum atomic E-state index is -3.77. The number of hydrogen-bond donors (Lipinski definition) is 2. The van der Waals surface area contributed by atoms with Gasteiger partial charge in [-0.3, -0.25) is 9.52 Å². The lowest BCUT2D eigenvalue weighted by Crippen LogP contribution is -2.14. The number of amides is 1. The SMILES string of the molecule is CSc1ccc(S(=O)(=O)Nc2ccc(C(=O)Nc3ccc(F)c(F)c3)cc2)cc1. The molecule has 0 fully saturated rings. The largest absolute Gasteiger partial charge is 0.322 e. The van der Waals surface area contributed by atoms with Crippen LogP contribution in [0.25, 0.3) is 0 Å². The van der Waals surface area contributed by atoms with Crippen molar-refractivity contribution in [2.75, 3.05) is 16.3 Å². The first kappa shape index (κ1) is 20.8. The molecule has 3 aromatic rings. The highest BCUT2D eigenvalue weighted by Gasteiger charge is 2.15. The first-order valence-corrected chi connectivity index (χ1v) is 11.0. The molecular weight excluding hydrogens is 418 g/mol. The number of carbonyl (C=O) groups is 1. The van der Waals surface area contributed by atoms with E-state index in [9.17, 15) is 22.0 Å². The first-order valence-electron chi connectivity index (χ1n) is 8.32. The molecule has 3 rings (SSSR count). The van der Waals surface area contributed by atoms with E-state index < -0.39 is 27.6 Å². The number of sulfonamides is 1. The Labute approximate surface area is 171 Å². The zero-order valence-corrected chi connectivity index (χ0v) is 16.8. The standard InChI is InChI=1S/C20H16F2N2O3S2/c1-28-16-7-9-17(10-8-16)29(26,27)24-14-4-2-13(3-5-14)20(25)23-15-6-11-18(21)19(22)12-15/h2-12,24H,1H3,(H,23,25). The maximum atomic E-state index is 13.2. The van der Waals surface area contributed by atoms with Crippen molar-refractivity contribution < 1.29 is 22.0 Å². The Bertz CT molecular complexity index is 1130. The quantitative estimate of drug-likeness (QED) is 0.550. The Balaban J connectivity index is 1.70. The van der Waals surface area contributed by atoms with Crippen LogP contribution in [-0.4, -0.2) is 20.6 Å². The van der Waals surface area contributed by atoms with E-state index in [0.29, 0.717) is 0 Å². The van der Waals surface area contributed by atoms with Crippen LogP contribution < -0.4 is 10.0 Å². The highest BCUT2D eigenvalue weighted by Crippen LogP contribution is 2.21. The van der Waals surface area contributed by atoms with Gasteiger partial charge in [0.1, 0.15) is 0 Å². The van der Waals surface area contributed by atoms with Crippen molar-refractivity contribution in [1.29, 1.82) is 0 Å². The molecule has 0 spiro atoms. The smallest absolute Gasteiger partial charge is 0.261 e. The normalized spacial score (nSPS) is 11.1. The second-order valence-electron chi connectivity index (χ2n) is 5.94. The summed E-state index contributed by atoms with van der Waals surface area (Å²) in [6, 6.07) is 15.2. The molecule has 0 saturated heterocycles. The molecule has 0 aliphatic carbocycles. The van der Waals surface area contributed by atoms with Crippen LogP contribution >= 0.6 is 11.8 Å². The number of carbonyl (C=O) groups excluding carboxylic acids is 1. The molecular formula is C20H16F2N2O3S2. The molecule has 1 amide bonds. The lowest BCUT2D eigenvalue weighted by Gasteiger charge is -2.10. The van der Waals surface area contributed by atoms with Crippen LogP contribution in [0.4, 0.5) is 20.2 Å². The van der Waals surface area contributed by atoms with Gasteiger partial charge in [-0.2, -0.15) is 0 Å². The van der Waals surface area contributed by atoms with Gasteiger partial charge in [0.2, 0.25) is 0 Å². The molecule has 0 aliphatic heterocycles. The summed E-state index contributed by atoms with van der Waals surface area (Å²) >= 11 is 1.51. The van der Waals surface area contributed by atoms with E-state index >= 15 is 0 Å². The van der Waals surface area contributed by atoms with Crippen LogP contribution in [0, 0.1) is 11.6 Å². The highest BCUT2D eigenvalue weighted by molar-refractivity contribution is 7.98. The van der Waals surface area contributed by atoms with E-state index in [1.807, 2.05) is 6.26 Å². The fourth-order valence-electron chi connectivity index (χ4n) is 2.44. The molecule has 150 valence electrons. The predicted octanol–water partition coefficient (Wildman–Crippen LogP) is 4.74. The van der Waals surface area contributed by atoms with Gasteiger partial charge in [0, 0.05) is 27.9 Å². The maximum absolute atomic E-state index is 13.2. The van der Waals surface area contributed by atoms with Gasteiger partial charge in [-0.25, -0.2) is 17.2 Å². The van der Waals surface area contributed by atoms with Gasteiger partial charge in [0.15, 0.2) is 11.6 Å². The monoisotopic (exact) mass is 434 g/mol. The summed E-state index contributed by atoms with van der Waals surface area (Å²) in [5.41, 5.74) is 0.609. The van der Waals surface area contributed by atoms with Crippen LogP contribution in [0.2, 0.25) is 0 Å². The molecule has 0 unspecified atom stereocenters. The van der Waals surface area contributed by atoms with E-state index in [2.05, 4.69) is 10.0 Å². The summed E-state index contributed by atoms with van der Waals surface area (Å²) in [5, 5.41) is 2.44. The fourth-order valence-corrected chi connectivity index (χ4v) is 3.90. The van der Waals surface area contributed by atoms with Gasteiger partial charge in [-0.1, -0.05) is 0 Å². The Morgan fingerprint density at radius 1 is 0.862 bits per heavy atom. The summed E-state index contributed by atoms with van der Waals surface area (Å²) in [6.07, 6.45) is 1.89. The van der Waals surface area contributed by atoms with Gasteiger partial charge in [0.05, 0.1) is 4.90 Å². The third-order valence-corrected chi connectivity index (χ3v) is 6.09. The average Bonchev–Trinajstić information content (AvgIpc) is 2.71. The van der Waals surface area contributed by atoms with Gasteiger partial charge in [-0.15, -0.1) is 11.8 Å². The molecule has 0 aromatic heterocycles. The third kappa shape index (κ3) is 5.12. The summed E-state index contributed by atoms with van der Waals surface area (Å²) in [6.45, 7) is 0. The van der Waals surface area contributed by atoms with Gasteiger partial charge in [0.25, 0.3) is 15.9 Å². The molecule has 29 heavy (non-hydrogen) atoms. The molecule has 5 nitrogen and oxygen atoms in total. The number of thioether (sulfide) groups is 1. The third-order valence-electron chi connectivity index (χ3n) is 3.95. The summed E-state index contributed by atoms with van der Waals surface area (Å²) in [7, 11) is -3.77. The second kappa shape index (κ2) is 8.62. The van der Waals surface area contributed by atoms with Crippen molar-refractivity contribution in [3.05, 3.63) is 83.9 Å². The minimum Gasteiger partial charge on any atom is -0.322 e. The van der Waals surface area contributed by atoms with E-state index in [1.54, 1.807) is 12.1 Å². The zero-order chi connectivity index (χ0) is 21.0. The van der Waals surface area contributed by atoms with Crippen LogP contribution in [0.1, 0.15) is 10.4 Å². The molecule has 0 atom stereocenters. The average molecular weight is 434 g/mol. The number of halogens is 2. The topological polar surface area (TPSA) is 75.3 Å². The molecule has 0 aliphatic rings. The van der Waals surface area contributed by atoms with E-state index in [-0.39, 0.29) is 21.8 Å². The summed E-state index contributed by atoms with van der Waals surface area (Å²) < 4.78 is 53.5. The van der Waals surface area contributed by atoms with Gasteiger partial charge >= 0.3 is 0 Å². The minimum absolute atomic E-state index is 0.104. The van der Waals surface area contributed by atoms with Crippen LogP contribution in [0.5, 0.6) is 0 Å². The lowest BCUT2D eigenvalue weighted by molar-refractivity contribution is 0.102. The zero-order valence-electron chi connectivity index (χ0n) is 15.1. The number of rotatable bonds is 6. The molecule has 2 N–H and O–H groups in total. The van der Waals surface area contributed by atoms with Crippen LogP contribution in [0.3, 0.4) is 0 Å². The highest BCUT2D eigenvalue weighted by atomic mass is 32.2. The first-order chi connectivity index (χ1) is 13.8. The van der Waals surface area contributed by atoms with Crippen LogP contribution in [-0.2, 0) is 10.0 Å². The van der Waals surface area contributed by atoms with Gasteiger partial charge < -0.3 is 5.32 Å². The molecule has 0 heterocycles. The Kier molecular flexibility index (Phi) is 6.19. The van der Waals surface area contributed by atoms with Crippen molar-refractivity contribution in [2.24, 2.45) is 0 Å². The van der Waals surface area contributed by atoms with Crippen molar-refractivity contribution >= 4 is 39.1 Å². The Morgan fingerprint density at radius 2 is 1.48 bits per heavy atom. The number of benzene rings is 3. The lowest BCUT2D eigenvalue weighted by atomic mass is 10.2.